The molecule has 3 fully saturated rings. The van der Waals surface area contributed by atoms with E-state index in [1.807, 2.05) is 67.3 Å². The molecular formula is C50H59N7O9S. The molecule has 5 aromatic rings. The number of fused-ring (bicyclic) bond motifs is 2. The summed E-state index contributed by atoms with van der Waals surface area (Å²) in [4.78, 5) is 57.3. The number of hydrogen-bond donors (Lipinski definition) is 1. The van der Waals surface area contributed by atoms with Gasteiger partial charge in [0.25, 0.3) is 11.8 Å². The first-order chi connectivity index (χ1) is 32.3. The van der Waals surface area contributed by atoms with Crippen molar-refractivity contribution < 1.29 is 41.8 Å². The highest BCUT2D eigenvalue weighted by Gasteiger charge is 2.44. The van der Waals surface area contributed by atoms with Gasteiger partial charge in [0, 0.05) is 82.6 Å². The highest BCUT2D eigenvalue weighted by Crippen LogP contribution is 2.40. The Hall–Kier alpha value is -6.46. The maximum absolute atomic E-state index is 14.3. The van der Waals surface area contributed by atoms with E-state index in [0.29, 0.717) is 60.0 Å². The van der Waals surface area contributed by atoms with E-state index in [4.69, 9.17) is 14.2 Å². The third-order valence-corrected chi connectivity index (χ3v) is 13.9. The van der Waals surface area contributed by atoms with Gasteiger partial charge in [-0.3, -0.25) is 39.0 Å². The smallest absolute Gasteiger partial charge is 0.264 e. The van der Waals surface area contributed by atoms with E-state index in [1.54, 1.807) is 24.3 Å². The molecule has 3 saturated heterocycles. The van der Waals surface area contributed by atoms with Gasteiger partial charge in [-0.1, -0.05) is 12.1 Å². The summed E-state index contributed by atoms with van der Waals surface area (Å²) in [6.07, 6.45) is 7.78. The van der Waals surface area contributed by atoms with Crippen molar-refractivity contribution >= 4 is 55.7 Å². The molecule has 354 valence electrons. The van der Waals surface area contributed by atoms with Gasteiger partial charge in [0.05, 0.1) is 54.0 Å². The van der Waals surface area contributed by atoms with Crippen molar-refractivity contribution in [3.63, 3.8) is 0 Å². The number of aromatic nitrogens is 2. The Labute approximate surface area is 391 Å². The summed E-state index contributed by atoms with van der Waals surface area (Å²) in [7, 11) is -0.156. The maximum Gasteiger partial charge on any atom is 0.264 e. The quantitative estimate of drug-likeness (QED) is 0.122. The first-order valence-corrected chi connectivity index (χ1v) is 25.1. The van der Waals surface area contributed by atoms with Gasteiger partial charge in [-0.25, -0.2) is 8.42 Å². The Balaban J connectivity index is 0.000000689. The lowest BCUT2D eigenvalue weighted by molar-refractivity contribution is -0.133. The van der Waals surface area contributed by atoms with Crippen LogP contribution >= 0.6 is 0 Å². The number of anilines is 2. The van der Waals surface area contributed by atoms with Crippen molar-refractivity contribution in [1.82, 2.24) is 24.9 Å². The van der Waals surface area contributed by atoms with Crippen molar-refractivity contribution in [1.29, 1.82) is 0 Å². The molecule has 9 rings (SSSR count). The van der Waals surface area contributed by atoms with E-state index in [-0.39, 0.29) is 11.8 Å². The van der Waals surface area contributed by atoms with Crippen LogP contribution in [-0.2, 0) is 26.5 Å². The molecule has 1 unspecified atom stereocenters. The van der Waals surface area contributed by atoms with Crippen LogP contribution in [0.2, 0.25) is 0 Å². The number of ether oxygens (including phenoxy) is 3. The number of aryl methyl sites for hydroxylation is 1. The molecule has 0 saturated carbocycles. The van der Waals surface area contributed by atoms with Gasteiger partial charge >= 0.3 is 0 Å². The van der Waals surface area contributed by atoms with Gasteiger partial charge in [0.15, 0.2) is 11.5 Å². The van der Waals surface area contributed by atoms with Gasteiger partial charge < -0.3 is 24.0 Å². The second kappa shape index (κ2) is 20.6. The summed E-state index contributed by atoms with van der Waals surface area (Å²) in [6, 6.07) is 23.7. The van der Waals surface area contributed by atoms with Gasteiger partial charge in [0.2, 0.25) is 11.8 Å². The van der Waals surface area contributed by atoms with Gasteiger partial charge in [0.1, 0.15) is 21.3 Å². The maximum atomic E-state index is 14.3. The van der Waals surface area contributed by atoms with Crippen LogP contribution in [0.4, 0.5) is 11.4 Å². The molecule has 0 aliphatic carbocycles. The van der Waals surface area contributed by atoms with Crippen LogP contribution in [0, 0.1) is 5.92 Å². The number of nitrogens with one attached hydrogen (secondary N) is 1. The molecule has 67 heavy (non-hydrogen) atoms. The molecule has 16 nitrogen and oxygen atoms in total. The minimum absolute atomic E-state index is 0.138. The molecule has 0 bridgehead atoms. The van der Waals surface area contributed by atoms with Gasteiger partial charge in [-0.2, -0.15) is 5.10 Å². The summed E-state index contributed by atoms with van der Waals surface area (Å²) in [5.74, 6) is 1.38. The van der Waals surface area contributed by atoms with E-state index in [9.17, 15) is 27.6 Å². The molecule has 0 radical (unpaired) electrons. The number of benzene rings is 4. The van der Waals surface area contributed by atoms with E-state index >= 15 is 0 Å². The van der Waals surface area contributed by atoms with Gasteiger partial charge in [-0.15, -0.1) is 0 Å². The molecule has 0 spiro atoms. The Kier molecular flexibility index (Phi) is 14.5. The van der Waals surface area contributed by atoms with E-state index in [1.165, 1.54) is 12.8 Å². The topological polar surface area (TPSA) is 173 Å². The monoisotopic (exact) mass is 933 g/mol. The predicted molar refractivity (Wildman–Crippen MR) is 256 cm³/mol. The van der Waals surface area contributed by atoms with Crippen LogP contribution in [0.3, 0.4) is 0 Å². The number of hydrogen-bond acceptors (Lipinski definition) is 13. The van der Waals surface area contributed by atoms with Crippen molar-refractivity contribution in [2.75, 3.05) is 81.3 Å². The second-order valence-corrected chi connectivity index (χ2v) is 19.8. The number of rotatable bonds is 14. The summed E-state index contributed by atoms with van der Waals surface area (Å²) in [6.45, 7) is 8.75. The van der Waals surface area contributed by atoms with Crippen LogP contribution in [0.25, 0.3) is 10.9 Å². The minimum Gasteiger partial charge on any atom is -0.493 e. The molecule has 1 N–H and O–H groups in total. The molecule has 1 atom stereocenters. The van der Waals surface area contributed by atoms with E-state index < -0.39 is 33.4 Å². The van der Waals surface area contributed by atoms with Crippen molar-refractivity contribution in [3.05, 3.63) is 102 Å². The zero-order valence-electron chi connectivity index (χ0n) is 38.6. The number of nitrogens with zero attached hydrogens (tertiary/aromatic N) is 6. The number of imide groups is 2. The standard InChI is InChI=1S/C45H52N6O7S.C5H7NO2/c1-5-57-42-27-32(10-16-41(42)56-3)40(30-59(4,54)55)51-44(52)37-7-6-8-38(43(37)45(51)53)50-21-18-31(19-22-50)17-20-48-23-25-49(26-24-48)34-11-14-35(15-12-34)58-36-13-9-33-29-46-47(2)39(33)28-36;7-4-2-1-3-5(8)6-4/h6-16,27-29,31,40H,5,17-26,30H2,1-4H3;1-3H2,(H,6,7,8). The number of methoxy groups -OCH3 is 1. The Morgan fingerprint density at radius 1 is 0.806 bits per heavy atom. The third-order valence-electron chi connectivity index (χ3n) is 13.0. The molecule has 4 amide bonds. The first-order valence-electron chi connectivity index (χ1n) is 23.0. The van der Waals surface area contributed by atoms with E-state index in [2.05, 4.69) is 37.2 Å². The molecule has 4 aliphatic heterocycles. The van der Waals surface area contributed by atoms with Crippen molar-refractivity contribution in [3.8, 4) is 23.0 Å². The second-order valence-electron chi connectivity index (χ2n) is 17.6. The molecule has 4 aromatic carbocycles. The summed E-state index contributed by atoms with van der Waals surface area (Å²) in [5.41, 5.74) is 4.08. The number of amides is 4. The zero-order valence-corrected chi connectivity index (χ0v) is 39.4. The fourth-order valence-electron chi connectivity index (χ4n) is 9.40. The Morgan fingerprint density at radius 3 is 2.18 bits per heavy atom. The van der Waals surface area contributed by atoms with E-state index in [0.717, 1.165) is 104 Å². The Bertz CT molecular complexity index is 2710. The third kappa shape index (κ3) is 11.1. The van der Waals surface area contributed by atoms with Crippen LogP contribution in [0.1, 0.15) is 77.8 Å². The lowest BCUT2D eigenvalue weighted by atomic mass is 9.92. The van der Waals surface area contributed by atoms with Crippen molar-refractivity contribution in [2.24, 2.45) is 13.0 Å². The molecular weight excluding hydrogens is 875 g/mol. The average Bonchev–Trinajstić information content (AvgIpc) is 3.82. The zero-order chi connectivity index (χ0) is 47.2. The van der Waals surface area contributed by atoms with Crippen LogP contribution in [-0.4, -0.2) is 123 Å². The SMILES string of the molecule is CCOc1cc(C(CS(C)(=O)=O)N2C(=O)c3cccc(N4CCC(CCN5CCN(c6ccc(Oc7ccc8cnn(C)c8c7)cc6)CC5)CC4)c3C2=O)ccc1OC.O=C1CCCC(=O)N1. The highest BCUT2D eigenvalue weighted by atomic mass is 32.2. The first kappa shape index (κ1) is 47.0. The molecule has 5 heterocycles. The molecule has 1 aromatic heterocycles. The van der Waals surface area contributed by atoms with Crippen LogP contribution in [0.5, 0.6) is 23.0 Å². The fourth-order valence-corrected chi connectivity index (χ4v) is 10.3. The van der Waals surface area contributed by atoms with Crippen LogP contribution < -0.4 is 29.3 Å². The largest absolute Gasteiger partial charge is 0.493 e. The lowest BCUT2D eigenvalue weighted by Crippen LogP contribution is -2.47. The van der Waals surface area contributed by atoms with Crippen molar-refractivity contribution in [2.45, 2.75) is 51.5 Å². The summed E-state index contributed by atoms with van der Waals surface area (Å²) >= 11 is 0. The normalized spacial score (nSPS) is 17.5. The fraction of sp³-hybridized carbons (Fsp3) is 0.420. The number of sulfone groups is 1. The summed E-state index contributed by atoms with van der Waals surface area (Å²) < 4.78 is 44.6. The van der Waals surface area contributed by atoms with Crippen LogP contribution in [0.15, 0.2) is 85.1 Å². The Morgan fingerprint density at radius 2 is 1.52 bits per heavy atom. The number of carbonyl (C=O) groups excluding carboxylic acids is 4. The highest BCUT2D eigenvalue weighted by molar-refractivity contribution is 7.90. The lowest BCUT2D eigenvalue weighted by Gasteiger charge is -2.38. The summed E-state index contributed by atoms with van der Waals surface area (Å²) in [5, 5.41) is 7.60. The van der Waals surface area contributed by atoms with Gasteiger partial charge in [-0.05, 0) is 111 Å². The average molecular weight is 934 g/mol. The number of piperazine rings is 1. The number of piperidine rings is 2. The number of carbonyl (C=O) groups is 4. The molecule has 4 aliphatic rings. The minimum atomic E-state index is -3.61. The molecule has 17 heteroatoms. The predicted octanol–water partition coefficient (Wildman–Crippen LogP) is 6.40.